The average Bonchev–Trinajstić information content (AvgIpc) is 2.36. The van der Waals surface area contributed by atoms with Gasteiger partial charge in [-0.05, 0) is 46.2 Å². The van der Waals surface area contributed by atoms with Gasteiger partial charge in [0.2, 0.25) is 0 Å². The Bertz CT molecular complexity index is 238. The SMILES string of the molecule is CCNC(=NCCN(C)CC)NC(C)CCC(C)C. The van der Waals surface area contributed by atoms with Crippen LogP contribution in [0, 0.1) is 5.92 Å². The van der Waals surface area contributed by atoms with Gasteiger partial charge in [-0.15, -0.1) is 0 Å². The molecule has 0 saturated heterocycles. The summed E-state index contributed by atoms with van der Waals surface area (Å²) >= 11 is 0. The Morgan fingerprint density at radius 1 is 1.16 bits per heavy atom. The fourth-order valence-electron chi connectivity index (χ4n) is 1.70. The zero-order valence-corrected chi connectivity index (χ0v) is 13.8. The van der Waals surface area contributed by atoms with Gasteiger partial charge in [0.05, 0.1) is 6.54 Å². The number of nitrogens with one attached hydrogen (secondary N) is 2. The molecule has 0 rings (SSSR count). The van der Waals surface area contributed by atoms with Crippen LogP contribution >= 0.6 is 0 Å². The van der Waals surface area contributed by atoms with Crippen molar-refractivity contribution < 1.29 is 0 Å². The molecular formula is C15H34N4. The highest BCUT2D eigenvalue weighted by Gasteiger charge is 2.06. The normalized spacial score (nSPS) is 14.0. The van der Waals surface area contributed by atoms with E-state index >= 15 is 0 Å². The molecule has 1 atom stereocenters. The van der Waals surface area contributed by atoms with E-state index in [4.69, 9.17) is 0 Å². The predicted octanol–water partition coefficient (Wildman–Crippen LogP) is 2.32. The molecule has 0 aliphatic rings. The van der Waals surface area contributed by atoms with Crippen LogP contribution in [0.5, 0.6) is 0 Å². The lowest BCUT2D eigenvalue weighted by atomic mass is 10.0. The number of nitrogens with zero attached hydrogens (tertiary/aromatic N) is 2. The van der Waals surface area contributed by atoms with Gasteiger partial charge in [-0.25, -0.2) is 0 Å². The Labute approximate surface area is 120 Å². The van der Waals surface area contributed by atoms with Crippen LogP contribution in [0.25, 0.3) is 0 Å². The summed E-state index contributed by atoms with van der Waals surface area (Å²) in [6.45, 7) is 14.9. The van der Waals surface area contributed by atoms with E-state index in [1.54, 1.807) is 0 Å². The third-order valence-electron chi connectivity index (χ3n) is 3.20. The molecule has 0 aliphatic heterocycles. The monoisotopic (exact) mass is 270 g/mol. The molecule has 0 aromatic carbocycles. The number of rotatable bonds is 9. The van der Waals surface area contributed by atoms with Gasteiger partial charge in [0.1, 0.15) is 0 Å². The summed E-state index contributed by atoms with van der Waals surface area (Å²) in [4.78, 5) is 6.89. The molecule has 0 heterocycles. The van der Waals surface area contributed by atoms with E-state index in [0.29, 0.717) is 6.04 Å². The quantitative estimate of drug-likeness (QED) is 0.499. The standard InChI is InChI=1S/C15H34N4/c1-7-16-15(17-11-12-19(6)8-2)18-14(5)10-9-13(3)4/h13-14H,7-12H2,1-6H3,(H2,16,17,18). The van der Waals surface area contributed by atoms with E-state index in [2.05, 4.69) is 62.2 Å². The molecule has 4 heteroatoms. The van der Waals surface area contributed by atoms with Gasteiger partial charge in [0.25, 0.3) is 0 Å². The van der Waals surface area contributed by atoms with Gasteiger partial charge in [-0.3, -0.25) is 4.99 Å². The lowest BCUT2D eigenvalue weighted by Gasteiger charge is -2.19. The first-order valence-corrected chi connectivity index (χ1v) is 7.72. The molecule has 0 amide bonds. The van der Waals surface area contributed by atoms with E-state index in [-0.39, 0.29) is 0 Å². The molecule has 0 aromatic heterocycles. The van der Waals surface area contributed by atoms with Crippen molar-refractivity contribution in [2.24, 2.45) is 10.9 Å². The number of aliphatic imine (C=N–C) groups is 1. The fraction of sp³-hybridized carbons (Fsp3) is 0.933. The van der Waals surface area contributed by atoms with Gasteiger partial charge in [0.15, 0.2) is 5.96 Å². The second kappa shape index (κ2) is 11.1. The van der Waals surface area contributed by atoms with Crippen LogP contribution in [0.2, 0.25) is 0 Å². The van der Waals surface area contributed by atoms with Gasteiger partial charge < -0.3 is 15.5 Å². The first kappa shape index (κ1) is 18.2. The Morgan fingerprint density at radius 2 is 1.84 bits per heavy atom. The molecule has 19 heavy (non-hydrogen) atoms. The molecule has 1 unspecified atom stereocenters. The number of guanidine groups is 1. The van der Waals surface area contributed by atoms with Crippen molar-refractivity contribution in [3.05, 3.63) is 0 Å². The summed E-state index contributed by atoms with van der Waals surface area (Å²) < 4.78 is 0. The van der Waals surface area contributed by atoms with Gasteiger partial charge in [0, 0.05) is 19.1 Å². The van der Waals surface area contributed by atoms with E-state index in [1.165, 1.54) is 12.8 Å². The fourth-order valence-corrected chi connectivity index (χ4v) is 1.70. The molecule has 0 saturated carbocycles. The Balaban J connectivity index is 4.11. The molecule has 0 spiro atoms. The topological polar surface area (TPSA) is 39.7 Å². The highest BCUT2D eigenvalue weighted by Crippen LogP contribution is 2.06. The molecular weight excluding hydrogens is 236 g/mol. The minimum absolute atomic E-state index is 0.476. The second-order valence-corrected chi connectivity index (χ2v) is 5.67. The largest absolute Gasteiger partial charge is 0.357 e. The third kappa shape index (κ3) is 10.8. The summed E-state index contributed by atoms with van der Waals surface area (Å²) in [5, 5.41) is 6.80. The molecule has 0 aliphatic carbocycles. The highest BCUT2D eigenvalue weighted by atomic mass is 15.2. The number of likely N-dealkylation sites (N-methyl/N-ethyl adjacent to an activating group) is 1. The lowest BCUT2D eigenvalue weighted by molar-refractivity contribution is 0.363. The zero-order valence-electron chi connectivity index (χ0n) is 13.8. The Hall–Kier alpha value is -0.770. The third-order valence-corrected chi connectivity index (χ3v) is 3.20. The van der Waals surface area contributed by atoms with Crippen molar-refractivity contribution in [1.29, 1.82) is 0 Å². The Kier molecular flexibility index (Phi) is 10.6. The van der Waals surface area contributed by atoms with Crippen molar-refractivity contribution in [3.8, 4) is 0 Å². The first-order valence-electron chi connectivity index (χ1n) is 7.72. The van der Waals surface area contributed by atoms with Crippen LogP contribution in [0.15, 0.2) is 4.99 Å². The van der Waals surface area contributed by atoms with Crippen molar-refractivity contribution in [3.63, 3.8) is 0 Å². The summed E-state index contributed by atoms with van der Waals surface area (Å²) in [5.41, 5.74) is 0. The summed E-state index contributed by atoms with van der Waals surface area (Å²) in [6.07, 6.45) is 2.45. The number of hydrogen-bond acceptors (Lipinski definition) is 2. The Morgan fingerprint density at radius 3 is 2.37 bits per heavy atom. The second-order valence-electron chi connectivity index (χ2n) is 5.67. The van der Waals surface area contributed by atoms with Crippen LogP contribution in [-0.4, -0.2) is 50.1 Å². The maximum Gasteiger partial charge on any atom is 0.191 e. The smallest absolute Gasteiger partial charge is 0.191 e. The van der Waals surface area contributed by atoms with E-state index < -0.39 is 0 Å². The van der Waals surface area contributed by atoms with E-state index in [0.717, 1.165) is 38.1 Å². The molecule has 0 aromatic rings. The first-order chi connectivity index (χ1) is 8.99. The molecule has 0 bridgehead atoms. The van der Waals surface area contributed by atoms with Crippen LogP contribution in [0.4, 0.5) is 0 Å². The van der Waals surface area contributed by atoms with Crippen LogP contribution in [-0.2, 0) is 0 Å². The van der Waals surface area contributed by atoms with Crippen LogP contribution in [0.3, 0.4) is 0 Å². The predicted molar refractivity (Wildman–Crippen MR) is 85.8 cm³/mol. The molecule has 114 valence electrons. The van der Waals surface area contributed by atoms with E-state index in [9.17, 15) is 0 Å². The van der Waals surface area contributed by atoms with Crippen molar-refractivity contribution in [2.45, 2.75) is 53.5 Å². The minimum Gasteiger partial charge on any atom is -0.357 e. The van der Waals surface area contributed by atoms with Crippen molar-refractivity contribution >= 4 is 5.96 Å². The minimum atomic E-state index is 0.476. The lowest BCUT2D eigenvalue weighted by Crippen LogP contribution is -2.42. The summed E-state index contributed by atoms with van der Waals surface area (Å²) in [7, 11) is 2.13. The van der Waals surface area contributed by atoms with Gasteiger partial charge >= 0.3 is 0 Å². The van der Waals surface area contributed by atoms with Gasteiger partial charge in [-0.1, -0.05) is 20.8 Å². The van der Waals surface area contributed by atoms with E-state index in [1.807, 2.05) is 0 Å². The molecule has 4 nitrogen and oxygen atoms in total. The molecule has 2 N–H and O–H groups in total. The maximum atomic E-state index is 4.62. The zero-order chi connectivity index (χ0) is 14.7. The van der Waals surface area contributed by atoms with Crippen molar-refractivity contribution in [2.75, 3.05) is 33.2 Å². The van der Waals surface area contributed by atoms with Crippen LogP contribution < -0.4 is 10.6 Å². The maximum absolute atomic E-state index is 4.62. The highest BCUT2D eigenvalue weighted by molar-refractivity contribution is 5.80. The summed E-state index contributed by atoms with van der Waals surface area (Å²) in [5.74, 6) is 1.71. The average molecular weight is 270 g/mol. The van der Waals surface area contributed by atoms with Gasteiger partial charge in [-0.2, -0.15) is 0 Å². The van der Waals surface area contributed by atoms with Crippen molar-refractivity contribution in [1.82, 2.24) is 15.5 Å². The number of hydrogen-bond donors (Lipinski definition) is 2. The van der Waals surface area contributed by atoms with Crippen LogP contribution in [0.1, 0.15) is 47.5 Å². The molecule has 0 radical (unpaired) electrons. The molecule has 0 fully saturated rings. The summed E-state index contributed by atoms with van der Waals surface area (Å²) in [6, 6.07) is 0.476.